The van der Waals surface area contributed by atoms with Crippen molar-refractivity contribution in [3.05, 3.63) is 35.4 Å². The maximum Gasteiger partial charge on any atom is 0.129 e. The zero-order valence-corrected chi connectivity index (χ0v) is 12.1. The average Bonchev–Trinajstić information content (AvgIpc) is 2.31. The summed E-state index contributed by atoms with van der Waals surface area (Å²) in [6, 6.07) is 9.17. The highest BCUT2D eigenvalue weighted by molar-refractivity contribution is 5.75. The topological polar surface area (TPSA) is 20.3 Å². The molecule has 0 radical (unpaired) electrons. The van der Waals surface area contributed by atoms with Gasteiger partial charge in [0, 0.05) is 12.5 Å². The zero-order chi connectivity index (χ0) is 13.5. The minimum atomic E-state index is 0.268. The van der Waals surface area contributed by atoms with Crippen LogP contribution in [0.3, 0.4) is 0 Å². The van der Waals surface area contributed by atoms with Crippen molar-refractivity contribution in [3.63, 3.8) is 0 Å². The van der Waals surface area contributed by atoms with Gasteiger partial charge in [0.2, 0.25) is 0 Å². The van der Waals surface area contributed by atoms with E-state index < -0.39 is 0 Å². The summed E-state index contributed by atoms with van der Waals surface area (Å²) in [6.07, 6.45) is 3.87. The highest BCUT2D eigenvalue weighted by atomic mass is 16.1. The van der Waals surface area contributed by atoms with Gasteiger partial charge in [-0.25, -0.2) is 0 Å². The van der Waals surface area contributed by atoms with Gasteiger partial charge < -0.3 is 9.69 Å². The molecule has 0 heterocycles. The van der Waals surface area contributed by atoms with E-state index in [0.29, 0.717) is 12.5 Å². The van der Waals surface area contributed by atoms with Gasteiger partial charge in [0.25, 0.3) is 0 Å². The highest BCUT2D eigenvalue weighted by Gasteiger charge is 2.14. The fraction of sp³-hybridized carbons (Fsp3) is 0.562. The summed E-state index contributed by atoms with van der Waals surface area (Å²) < 4.78 is 0. The first-order chi connectivity index (χ1) is 8.54. The maximum atomic E-state index is 11.1. The smallest absolute Gasteiger partial charge is 0.129 e. The molecule has 1 rings (SSSR count). The Hall–Kier alpha value is -1.15. The molecule has 0 spiro atoms. The second-order valence-electron chi connectivity index (χ2n) is 5.21. The Morgan fingerprint density at radius 3 is 2.28 bits per heavy atom. The SMILES string of the molecule is CCCc1ccc(C(CCC(C)=O)N(C)C)cc1. The van der Waals surface area contributed by atoms with Gasteiger partial charge in [0.05, 0.1) is 0 Å². The van der Waals surface area contributed by atoms with Crippen LogP contribution in [-0.4, -0.2) is 24.8 Å². The molecular formula is C16H25NO. The quantitative estimate of drug-likeness (QED) is 0.733. The molecule has 1 aromatic carbocycles. The van der Waals surface area contributed by atoms with Crippen molar-refractivity contribution in [2.45, 2.75) is 45.6 Å². The van der Waals surface area contributed by atoms with Crippen LogP contribution in [0.25, 0.3) is 0 Å². The fourth-order valence-corrected chi connectivity index (χ4v) is 2.26. The van der Waals surface area contributed by atoms with Gasteiger partial charge in [-0.05, 0) is 45.0 Å². The van der Waals surface area contributed by atoms with Crippen molar-refractivity contribution in [2.75, 3.05) is 14.1 Å². The predicted molar refractivity (Wildman–Crippen MR) is 76.8 cm³/mol. The number of carbonyl (C=O) groups is 1. The van der Waals surface area contributed by atoms with Crippen LogP contribution in [0.5, 0.6) is 0 Å². The molecule has 1 unspecified atom stereocenters. The van der Waals surface area contributed by atoms with Crippen LogP contribution in [0.4, 0.5) is 0 Å². The second kappa shape index (κ2) is 7.32. The van der Waals surface area contributed by atoms with Gasteiger partial charge in [-0.1, -0.05) is 37.6 Å². The molecule has 100 valence electrons. The Kier molecular flexibility index (Phi) is 6.06. The molecule has 0 fully saturated rings. The third-order valence-electron chi connectivity index (χ3n) is 3.30. The van der Waals surface area contributed by atoms with E-state index in [4.69, 9.17) is 0 Å². The molecule has 1 aromatic rings. The minimum absolute atomic E-state index is 0.268. The third-order valence-corrected chi connectivity index (χ3v) is 3.30. The molecule has 0 N–H and O–H groups in total. The molecule has 18 heavy (non-hydrogen) atoms. The van der Waals surface area contributed by atoms with Crippen LogP contribution in [0.15, 0.2) is 24.3 Å². The van der Waals surface area contributed by atoms with Crippen LogP contribution in [0.2, 0.25) is 0 Å². The van der Waals surface area contributed by atoms with Gasteiger partial charge in [-0.2, -0.15) is 0 Å². The zero-order valence-electron chi connectivity index (χ0n) is 12.1. The Morgan fingerprint density at radius 1 is 1.22 bits per heavy atom. The number of hydrogen-bond donors (Lipinski definition) is 0. The van der Waals surface area contributed by atoms with Gasteiger partial charge in [0.1, 0.15) is 5.78 Å². The molecular weight excluding hydrogens is 222 g/mol. The van der Waals surface area contributed by atoms with Gasteiger partial charge >= 0.3 is 0 Å². The average molecular weight is 247 g/mol. The van der Waals surface area contributed by atoms with Gasteiger partial charge in [-0.15, -0.1) is 0 Å². The molecule has 2 nitrogen and oxygen atoms in total. The summed E-state index contributed by atoms with van der Waals surface area (Å²) in [5.41, 5.74) is 2.70. The molecule has 0 aromatic heterocycles. The first-order valence-corrected chi connectivity index (χ1v) is 6.79. The van der Waals surface area contributed by atoms with Gasteiger partial charge in [0.15, 0.2) is 0 Å². The van der Waals surface area contributed by atoms with Crippen LogP contribution >= 0.6 is 0 Å². The summed E-state index contributed by atoms with van der Waals surface area (Å²) in [5.74, 6) is 0.268. The number of aryl methyl sites for hydroxylation is 1. The lowest BCUT2D eigenvalue weighted by Gasteiger charge is -2.24. The molecule has 0 aliphatic carbocycles. The number of hydrogen-bond acceptors (Lipinski definition) is 2. The number of Topliss-reactive ketones (excluding diaryl/α,β-unsaturated/α-hetero) is 1. The van der Waals surface area contributed by atoms with Crippen molar-refractivity contribution in [2.24, 2.45) is 0 Å². The molecule has 2 heteroatoms. The number of carbonyl (C=O) groups excluding carboxylic acids is 1. The van der Waals surface area contributed by atoms with E-state index in [9.17, 15) is 4.79 Å². The van der Waals surface area contributed by atoms with Crippen molar-refractivity contribution >= 4 is 5.78 Å². The summed E-state index contributed by atoms with van der Waals surface area (Å²) >= 11 is 0. The van der Waals surface area contributed by atoms with E-state index >= 15 is 0 Å². The maximum absolute atomic E-state index is 11.1. The van der Waals surface area contributed by atoms with Crippen molar-refractivity contribution in [1.29, 1.82) is 0 Å². The normalized spacial score (nSPS) is 12.7. The molecule has 0 amide bonds. The van der Waals surface area contributed by atoms with E-state index in [1.165, 1.54) is 17.5 Å². The van der Waals surface area contributed by atoms with E-state index in [1.54, 1.807) is 6.92 Å². The van der Waals surface area contributed by atoms with Crippen molar-refractivity contribution in [3.8, 4) is 0 Å². The summed E-state index contributed by atoms with van der Waals surface area (Å²) in [7, 11) is 4.15. The highest BCUT2D eigenvalue weighted by Crippen LogP contribution is 2.24. The standard InChI is InChI=1S/C16H25NO/c1-5-6-14-8-10-15(11-9-14)16(17(3)4)12-7-13(2)18/h8-11,16H,5-7,12H2,1-4H3. The van der Waals surface area contributed by atoms with Crippen LogP contribution in [0.1, 0.15) is 50.3 Å². The van der Waals surface area contributed by atoms with E-state index in [0.717, 1.165) is 12.8 Å². The molecule has 0 aliphatic heterocycles. The minimum Gasteiger partial charge on any atom is -0.302 e. The Labute approximate surface area is 111 Å². The molecule has 0 saturated heterocycles. The molecule has 0 bridgehead atoms. The number of nitrogens with zero attached hydrogens (tertiary/aromatic N) is 1. The largest absolute Gasteiger partial charge is 0.302 e. The van der Waals surface area contributed by atoms with E-state index in [1.807, 2.05) is 0 Å². The molecule has 0 aliphatic rings. The first-order valence-electron chi connectivity index (χ1n) is 6.79. The van der Waals surface area contributed by atoms with E-state index in [-0.39, 0.29) is 5.78 Å². The van der Waals surface area contributed by atoms with E-state index in [2.05, 4.69) is 50.2 Å². The number of ketones is 1. The number of benzene rings is 1. The predicted octanol–water partition coefficient (Wildman–Crippen LogP) is 3.61. The Morgan fingerprint density at radius 2 is 1.83 bits per heavy atom. The summed E-state index contributed by atoms with van der Waals surface area (Å²) in [6.45, 7) is 3.86. The fourth-order valence-electron chi connectivity index (χ4n) is 2.26. The Bertz CT molecular complexity index is 367. The van der Waals surface area contributed by atoms with Crippen molar-refractivity contribution in [1.82, 2.24) is 4.90 Å². The Balaban J connectivity index is 2.75. The van der Waals surface area contributed by atoms with Crippen LogP contribution in [-0.2, 0) is 11.2 Å². The van der Waals surface area contributed by atoms with Crippen molar-refractivity contribution < 1.29 is 4.79 Å². The summed E-state index contributed by atoms with van der Waals surface area (Å²) in [4.78, 5) is 13.3. The molecule has 1 atom stereocenters. The second-order valence-corrected chi connectivity index (χ2v) is 5.21. The van der Waals surface area contributed by atoms with Crippen LogP contribution < -0.4 is 0 Å². The number of rotatable bonds is 7. The lowest BCUT2D eigenvalue weighted by molar-refractivity contribution is -0.117. The third kappa shape index (κ3) is 4.61. The van der Waals surface area contributed by atoms with Gasteiger partial charge in [-0.3, -0.25) is 0 Å². The summed E-state index contributed by atoms with van der Waals surface area (Å²) in [5, 5.41) is 0. The van der Waals surface area contributed by atoms with Crippen LogP contribution in [0, 0.1) is 0 Å². The lowest BCUT2D eigenvalue weighted by atomic mass is 9.98. The first kappa shape index (κ1) is 14.9. The molecule has 0 saturated carbocycles. The monoisotopic (exact) mass is 247 g/mol. The lowest BCUT2D eigenvalue weighted by Crippen LogP contribution is -2.20.